The number of benzene rings is 3. The van der Waals surface area contributed by atoms with E-state index in [1.165, 1.54) is 6.33 Å². The number of hydrogen-bond donors (Lipinski definition) is 2. The molecule has 0 radical (unpaired) electrons. The van der Waals surface area contributed by atoms with Gasteiger partial charge in [0.05, 0.1) is 22.6 Å². The first-order valence-corrected chi connectivity index (χ1v) is 21.9. The molecule has 324 valence electrons. The molecule has 1 atom stereocenters. The van der Waals surface area contributed by atoms with Crippen LogP contribution in [0, 0.1) is 5.41 Å². The average Bonchev–Trinajstić information content (AvgIpc) is 3.82. The molecule has 4 amide bonds. The zero-order chi connectivity index (χ0) is 43.5. The Kier molecular flexibility index (Phi) is 9.78. The molecule has 5 aliphatic rings. The minimum atomic E-state index is -0.977. The van der Waals surface area contributed by atoms with Gasteiger partial charge < -0.3 is 20.3 Å². The Labute approximate surface area is 368 Å². The van der Waals surface area contributed by atoms with Gasteiger partial charge in [-0.3, -0.25) is 34.3 Å². The van der Waals surface area contributed by atoms with Crippen LogP contribution in [0.3, 0.4) is 0 Å². The number of nitrogen functional groups attached to an aromatic ring is 1. The maximum absolute atomic E-state index is 13.4. The van der Waals surface area contributed by atoms with Crippen LogP contribution >= 0.6 is 0 Å². The molecule has 6 aromatic rings. The van der Waals surface area contributed by atoms with Crippen molar-refractivity contribution in [2.24, 2.45) is 5.41 Å². The second-order valence-corrected chi connectivity index (χ2v) is 17.6. The first kappa shape index (κ1) is 39.6. The number of likely N-dealkylation sites (tertiary alicyclic amines) is 1. The van der Waals surface area contributed by atoms with E-state index in [2.05, 4.69) is 30.0 Å². The topological polar surface area (TPSA) is 198 Å². The van der Waals surface area contributed by atoms with Gasteiger partial charge in [0.15, 0.2) is 5.65 Å². The van der Waals surface area contributed by atoms with Crippen LogP contribution in [0.25, 0.3) is 22.3 Å². The smallest absolute Gasteiger partial charge is 0.262 e. The Balaban J connectivity index is 0.672. The lowest BCUT2D eigenvalue weighted by Gasteiger charge is -2.54. The van der Waals surface area contributed by atoms with Gasteiger partial charge in [-0.15, -0.1) is 0 Å². The normalized spacial score (nSPS) is 20.2. The maximum atomic E-state index is 13.4. The van der Waals surface area contributed by atoms with Crippen LogP contribution in [0.15, 0.2) is 91.5 Å². The van der Waals surface area contributed by atoms with Gasteiger partial charge in [0, 0.05) is 86.9 Å². The summed E-state index contributed by atoms with van der Waals surface area (Å²) in [7, 11) is 0. The van der Waals surface area contributed by atoms with Gasteiger partial charge in [-0.1, -0.05) is 18.2 Å². The van der Waals surface area contributed by atoms with E-state index in [9.17, 15) is 19.2 Å². The number of rotatable bonds is 9. The zero-order valence-corrected chi connectivity index (χ0v) is 35.1. The third kappa shape index (κ3) is 7.14. The highest BCUT2D eigenvalue weighted by atomic mass is 16.5. The number of aromatic nitrogens is 6. The van der Waals surface area contributed by atoms with Crippen molar-refractivity contribution in [2.45, 2.75) is 57.2 Å². The largest absolute Gasteiger partial charge is 0.457 e. The van der Waals surface area contributed by atoms with Gasteiger partial charge in [-0.2, -0.15) is 5.10 Å². The fourth-order valence-corrected chi connectivity index (χ4v) is 10.0. The SMILES string of the molecule is Nc1ncnc2c1c(-c1ccc(Oc3ccccc3)cc1)nn2C1CCN(Cc2cnc(N3CC4(CCN(c5ccc6c(c5)C(=O)N(C5CCC(=O)NC5=O)C6=O)CC4)C3)nc2)CC1. The number of amides is 4. The molecule has 3 aromatic heterocycles. The van der Waals surface area contributed by atoms with Gasteiger partial charge in [-0.25, -0.2) is 24.6 Å². The first-order valence-electron chi connectivity index (χ1n) is 21.9. The minimum absolute atomic E-state index is 0.0901. The molecule has 64 heavy (non-hydrogen) atoms. The van der Waals surface area contributed by atoms with Crippen LogP contribution in [-0.4, -0.2) is 108 Å². The van der Waals surface area contributed by atoms with Gasteiger partial charge in [0.1, 0.15) is 35.4 Å². The lowest BCUT2D eigenvalue weighted by Crippen LogP contribution is -2.61. The molecule has 5 aliphatic heterocycles. The molecule has 0 saturated carbocycles. The van der Waals surface area contributed by atoms with Gasteiger partial charge in [0.2, 0.25) is 17.8 Å². The van der Waals surface area contributed by atoms with E-state index in [1.54, 1.807) is 12.1 Å². The molecule has 1 spiro atoms. The van der Waals surface area contributed by atoms with Gasteiger partial charge >= 0.3 is 0 Å². The molecule has 17 heteroatoms. The Bertz CT molecular complexity index is 2790. The third-order valence-corrected chi connectivity index (χ3v) is 13.6. The molecule has 17 nitrogen and oxygen atoms in total. The lowest BCUT2D eigenvalue weighted by atomic mass is 9.72. The maximum Gasteiger partial charge on any atom is 0.262 e. The summed E-state index contributed by atoms with van der Waals surface area (Å²) in [5.74, 6) is 0.688. The summed E-state index contributed by atoms with van der Waals surface area (Å²) in [6.45, 7) is 5.97. The molecule has 4 saturated heterocycles. The number of nitrogens with one attached hydrogen (secondary N) is 1. The van der Waals surface area contributed by atoms with Crippen LogP contribution in [0.1, 0.15) is 70.8 Å². The van der Waals surface area contributed by atoms with Crippen LogP contribution in [-0.2, 0) is 16.1 Å². The molecular weight excluding hydrogens is 813 g/mol. The number of anilines is 3. The van der Waals surface area contributed by atoms with E-state index >= 15 is 0 Å². The number of carbonyl (C=O) groups excluding carboxylic acids is 4. The fraction of sp³-hybridized carbons (Fsp3) is 0.340. The Hall–Kier alpha value is -7.27. The van der Waals surface area contributed by atoms with Crippen molar-refractivity contribution in [1.82, 2.24) is 44.8 Å². The van der Waals surface area contributed by atoms with Crippen LogP contribution in [0.5, 0.6) is 11.5 Å². The quantitative estimate of drug-likeness (QED) is 0.184. The van der Waals surface area contributed by atoms with E-state index in [4.69, 9.17) is 25.5 Å². The summed E-state index contributed by atoms with van der Waals surface area (Å²) in [5, 5.41) is 8.11. The summed E-state index contributed by atoms with van der Waals surface area (Å²) in [6, 6.07) is 22.1. The Morgan fingerprint density at radius 3 is 2.22 bits per heavy atom. The summed E-state index contributed by atoms with van der Waals surface area (Å²) in [4.78, 5) is 77.2. The molecule has 8 heterocycles. The molecular formula is C47H46N12O5. The van der Waals surface area contributed by atoms with E-state index in [0.29, 0.717) is 16.9 Å². The highest BCUT2D eigenvalue weighted by molar-refractivity contribution is 6.23. The number of carbonyl (C=O) groups is 4. The van der Waals surface area contributed by atoms with Crippen molar-refractivity contribution in [2.75, 3.05) is 54.8 Å². The second kappa shape index (κ2) is 15.8. The number of hydrogen-bond acceptors (Lipinski definition) is 14. The number of para-hydroxylation sites is 1. The van der Waals surface area contributed by atoms with Crippen molar-refractivity contribution >= 4 is 52.1 Å². The number of piperidine rings is 3. The first-order chi connectivity index (χ1) is 31.2. The molecule has 1 unspecified atom stereocenters. The summed E-state index contributed by atoms with van der Waals surface area (Å²) in [5.41, 5.74) is 11.6. The van der Waals surface area contributed by atoms with Crippen molar-refractivity contribution < 1.29 is 23.9 Å². The van der Waals surface area contributed by atoms with Gasteiger partial charge in [0.25, 0.3) is 11.8 Å². The van der Waals surface area contributed by atoms with Crippen LogP contribution in [0.2, 0.25) is 0 Å². The predicted molar refractivity (Wildman–Crippen MR) is 236 cm³/mol. The van der Waals surface area contributed by atoms with Crippen LogP contribution < -0.4 is 25.6 Å². The molecule has 0 bridgehead atoms. The summed E-state index contributed by atoms with van der Waals surface area (Å²) >= 11 is 0. The number of imide groups is 2. The summed E-state index contributed by atoms with van der Waals surface area (Å²) < 4.78 is 8.04. The molecule has 4 fully saturated rings. The molecule has 3 N–H and O–H groups in total. The second-order valence-electron chi connectivity index (χ2n) is 17.6. The molecule has 0 aliphatic carbocycles. The average molecular weight is 859 g/mol. The lowest BCUT2D eigenvalue weighted by molar-refractivity contribution is -0.136. The minimum Gasteiger partial charge on any atom is -0.457 e. The van der Waals surface area contributed by atoms with Crippen molar-refractivity contribution in [3.05, 3.63) is 108 Å². The van der Waals surface area contributed by atoms with E-state index in [1.807, 2.05) is 77.7 Å². The summed E-state index contributed by atoms with van der Waals surface area (Å²) in [6.07, 6.45) is 9.41. The molecule has 3 aromatic carbocycles. The third-order valence-electron chi connectivity index (χ3n) is 13.6. The van der Waals surface area contributed by atoms with E-state index < -0.39 is 29.7 Å². The number of fused-ring (bicyclic) bond motifs is 2. The Morgan fingerprint density at radius 1 is 0.766 bits per heavy atom. The fourth-order valence-electron chi connectivity index (χ4n) is 10.0. The Morgan fingerprint density at radius 2 is 1.48 bits per heavy atom. The number of ether oxygens (including phenoxy) is 1. The van der Waals surface area contributed by atoms with Crippen molar-refractivity contribution in [1.29, 1.82) is 0 Å². The zero-order valence-electron chi connectivity index (χ0n) is 35.1. The van der Waals surface area contributed by atoms with E-state index in [-0.39, 0.29) is 24.3 Å². The standard InChI is InChI=1S/C47H46N12O5/c48-41-39-40(30-6-9-34(10-7-30)64-33-4-2-1-3-5-33)54-59(42(39)52-28-51-41)31-14-18-55(19-15-31)25-29-23-49-46(50-24-29)57-26-47(27-57)16-20-56(21-17-47)32-8-11-35-36(22-32)45(63)58(44(35)62)37-12-13-38(60)53-43(37)61/h1-11,22-24,28,31,37H,12-21,25-27H2,(H2,48,51,52)(H,53,60,61). The van der Waals surface area contributed by atoms with E-state index in [0.717, 1.165) is 127 Å². The monoisotopic (exact) mass is 858 g/mol. The van der Waals surface area contributed by atoms with Crippen molar-refractivity contribution in [3.63, 3.8) is 0 Å². The van der Waals surface area contributed by atoms with Crippen molar-refractivity contribution in [3.8, 4) is 22.8 Å². The van der Waals surface area contributed by atoms with Crippen LogP contribution in [0.4, 0.5) is 17.5 Å². The highest BCUT2D eigenvalue weighted by Gasteiger charge is 2.47. The molecule has 11 rings (SSSR count). The van der Waals surface area contributed by atoms with Gasteiger partial charge in [-0.05, 0) is 86.7 Å². The number of nitrogens with two attached hydrogens (primary N) is 1. The highest BCUT2D eigenvalue weighted by Crippen LogP contribution is 2.43. The number of nitrogens with zero attached hydrogens (tertiary/aromatic N) is 10. The predicted octanol–water partition coefficient (Wildman–Crippen LogP) is 5.00.